The highest BCUT2D eigenvalue weighted by Crippen LogP contribution is 2.09. The van der Waals surface area contributed by atoms with Crippen LogP contribution < -0.4 is 10.6 Å². The van der Waals surface area contributed by atoms with Gasteiger partial charge in [0.15, 0.2) is 0 Å². The molecule has 3 N–H and O–H groups in total. The van der Waals surface area contributed by atoms with Crippen LogP contribution in [0.2, 0.25) is 0 Å². The number of carboxylic acids is 1. The normalized spacial score (nSPS) is 11.8. The van der Waals surface area contributed by atoms with Crippen molar-refractivity contribution in [3.8, 4) is 0 Å². The molecule has 1 aromatic carbocycles. The van der Waals surface area contributed by atoms with Gasteiger partial charge < -0.3 is 15.7 Å². The van der Waals surface area contributed by atoms with Crippen molar-refractivity contribution in [3.05, 3.63) is 35.4 Å². The molecular weight excluding hydrogens is 270 g/mol. The molecule has 1 aromatic rings. The Morgan fingerprint density at radius 1 is 1.35 bits per heavy atom. The first-order chi connectivity index (χ1) is 9.43. The number of nitrogens with one attached hydrogen (secondary N) is 2. The Morgan fingerprint density at radius 3 is 2.60 bits per heavy atom. The maximum Gasteiger partial charge on any atom is 0.326 e. The van der Waals surface area contributed by atoms with Crippen molar-refractivity contribution in [1.82, 2.24) is 10.6 Å². The van der Waals surface area contributed by atoms with E-state index in [-0.39, 0.29) is 12.1 Å². The van der Waals surface area contributed by atoms with Crippen LogP contribution >= 0.6 is 0 Å². The largest absolute Gasteiger partial charge is 0.480 e. The van der Waals surface area contributed by atoms with Gasteiger partial charge in [0.1, 0.15) is 17.7 Å². The van der Waals surface area contributed by atoms with Gasteiger partial charge in [-0.05, 0) is 12.5 Å². The first-order valence-corrected chi connectivity index (χ1v) is 6.15. The van der Waals surface area contributed by atoms with Gasteiger partial charge in [-0.1, -0.05) is 19.4 Å². The molecule has 0 saturated carbocycles. The molecule has 0 unspecified atom stereocenters. The van der Waals surface area contributed by atoms with E-state index in [1.165, 1.54) is 6.07 Å². The zero-order chi connectivity index (χ0) is 15.1. The molecule has 1 rings (SSSR count). The summed E-state index contributed by atoms with van der Waals surface area (Å²) in [7, 11) is 0. The Balaban J connectivity index is 2.52. The summed E-state index contributed by atoms with van der Waals surface area (Å²) in [6, 6.07) is 1.31. The van der Waals surface area contributed by atoms with Crippen molar-refractivity contribution in [2.75, 3.05) is 0 Å². The molecule has 1 atom stereocenters. The minimum atomic E-state index is -1.13. The fourth-order valence-corrected chi connectivity index (χ4v) is 1.60. The zero-order valence-electron chi connectivity index (χ0n) is 11.0. The van der Waals surface area contributed by atoms with Gasteiger partial charge in [0.25, 0.3) is 0 Å². The third-order valence-electron chi connectivity index (χ3n) is 2.64. The number of benzene rings is 1. The van der Waals surface area contributed by atoms with E-state index in [4.69, 9.17) is 5.11 Å². The number of carboxylic acid groups (broad SMARTS) is 1. The second kappa shape index (κ2) is 7.42. The number of amides is 2. The number of hydrogen-bond donors (Lipinski definition) is 3. The predicted octanol–water partition coefficient (Wildman–Crippen LogP) is 2.02. The standard InChI is InChI=1S/C13H16F2N2O3/c1-2-3-11(12(18)19)17-13(20)16-7-8-4-5-9(14)6-10(8)15/h4-6,11H,2-3,7H2,1H3,(H,18,19)(H2,16,17,20)/t11-/m1/s1. The number of carbonyl (C=O) groups is 2. The summed E-state index contributed by atoms with van der Waals surface area (Å²) >= 11 is 0. The van der Waals surface area contributed by atoms with E-state index in [9.17, 15) is 18.4 Å². The average Bonchev–Trinajstić information content (AvgIpc) is 2.37. The molecule has 0 radical (unpaired) electrons. The summed E-state index contributed by atoms with van der Waals surface area (Å²) in [5.74, 6) is -2.60. The first-order valence-electron chi connectivity index (χ1n) is 6.15. The molecule has 0 heterocycles. The summed E-state index contributed by atoms with van der Waals surface area (Å²) in [5.41, 5.74) is 0.115. The van der Waals surface area contributed by atoms with Crippen molar-refractivity contribution >= 4 is 12.0 Å². The Labute approximate surface area is 115 Å². The van der Waals surface area contributed by atoms with Gasteiger partial charge in [-0.25, -0.2) is 18.4 Å². The van der Waals surface area contributed by atoms with Crippen molar-refractivity contribution < 1.29 is 23.5 Å². The predicted molar refractivity (Wildman–Crippen MR) is 68.1 cm³/mol. The fourth-order valence-electron chi connectivity index (χ4n) is 1.60. The second-order valence-corrected chi connectivity index (χ2v) is 4.24. The van der Waals surface area contributed by atoms with Crippen molar-refractivity contribution in [2.24, 2.45) is 0 Å². The SMILES string of the molecule is CCC[C@@H](NC(=O)NCc1ccc(F)cc1F)C(=O)O. The average molecular weight is 286 g/mol. The zero-order valence-corrected chi connectivity index (χ0v) is 11.0. The van der Waals surface area contributed by atoms with Crippen molar-refractivity contribution in [2.45, 2.75) is 32.4 Å². The van der Waals surface area contributed by atoms with Gasteiger partial charge in [0.2, 0.25) is 0 Å². The molecule has 0 fully saturated rings. The molecule has 0 spiro atoms. The molecule has 0 saturated heterocycles. The highest BCUT2D eigenvalue weighted by molar-refractivity contribution is 5.82. The van der Waals surface area contributed by atoms with Crippen LogP contribution in [0.15, 0.2) is 18.2 Å². The summed E-state index contributed by atoms with van der Waals surface area (Å²) in [6.07, 6.45) is 0.900. The maximum atomic E-state index is 13.3. The minimum absolute atomic E-state index is 0.115. The van der Waals surface area contributed by atoms with E-state index in [2.05, 4.69) is 10.6 Å². The molecule has 20 heavy (non-hydrogen) atoms. The first kappa shape index (κ1) is 15.9. The lowest BCUT2D eigenvalue weighted by atomic mass is 10.2. The lowest BCUT2D eigenvalue weighted by molar-refractivity contribution is -0.139. The molecule has 0 aromatic heterocycles. The van der Waals surface area contributed by atoms with Crippen molar-refractivity contribution in [3.63, 3.8) is 0 Å². The lowest BCUT2D eigenvalue weighted by Crippen LogP contribution is -2.45. The van der Waals surface area contributed by atoms with Crippen LogP contribution in [-0.4, -0.2) is 23.1 Å². The van der Waals surface area contributed by atoms with Crippen LogP contribution in [0, 0.1) is 11.6 Å². The fraction of sp³-hybridized carbons (Fsp3) is 0.385. The Morgan fingerprint density at radius 2 is 2.05 bits per heavy atom. The van der Waals surface area contributed by atoms with Gasteiger partial charge in [0, 0.05) is 18.2 Å². The maximum absolute atomic E-state index is 13.3. The molecular formula is C13H16F2N2O3. The van der Waals surface area contributed by atoms with E-state index in [0.717, 1.165) is 6.07 Å². The molecule has 0 aliphatic heterocycles. The molecule has 5 nitrogen and oxygen atoms in total. The minimum Gasteiger partial charge on any atom is -0.480 e. The Kier molecular flexibility index (Phi) is 5.89. The number of halogens is 2. The van der Waals surface area contributed by atoms with E-state index in [1.54, 1.807) is 6.92 Å². The van der Waals surface area contributed by atoms with Crippen LogP contribution in [-0.2, 0) is 11.3 Å². The molecule has 110 valence electrons. The van der Waals surface area contributed by atoms with Crippen molar-refractivity contribution in [1.29, 1.82) is 0 Å². The number of rotatable bonds is 6. The number of hydrogen-bond acceptors (Lipinski definition) is 2. The molecule has 0 aliphatic carbocycles. The van der Waals surface area contributed by atoms with Crippen LogP contribution in [0.3, 0.4) is 0 Å². The highest BCUT2D eigenvalue weighted by atomic mass is 19.1. The van der Waals surface area contributed by atoms with Gasteiger partial charge in [-0.15, -0.1) is 0 Å². The van der Waals surface area contributed by atoms with Gasteiger partial charge in [-0.2, -0.15) is 0 Å². The van der Waals surface area contributed by atoms with Gasteiger partial charge in [0.05, 0.1) is 0 Å². The highest BCUT2D eigenvalue weighted by Gasteiger charge is 2.18. The van der Waals surface area contributed by atoms with E-state index >= 15 is 0 Å². The van der Waals surface area contributed by atoms with Crippen LogP contribution in [0.1, 0.15) is 25.3 Å². The van der Waals surface area contributed by atoms with Gasteiger partial charge >= 0.3 is 12.0 Å². The third kappa shape index (κ3) is 4.83. The quantitative estimate of drug-likeness (QED) is 0.748. The summed E-state index contributed by atoms with van der Waals surface area (Å²) in [6.45, 7) is 1.64. The number of carbonyl (C=O) groups excluding carboxylic acids is 1. The van der Waals surface area contributed by atoms with E-state index in [0.29, 0.717) is 18.9 Å². The van der Waals surface area contributed by atoms with Crippen LogP contribution in [0.4, 0.5) is 13.6 Å². The monoisotopic (exact) mass is 286 g/mol. The molecule has 0 aliphatic rings. The lowest BCUT2D eigenvalue weighted by Gasteiger charge is -2.14. The second-order valence-electron chi connectivity index (χ2n) is 4.24. The molecule has 0 bridgehead atoms. The topological polar surface area (TPSA) is 78.4 Å². The Hall–Kier alpha value is -2.18. The summed E-state index contributed by atoms with van der Waals surface area (Å²) in [4.78, 5) is 22.3. The molecule has 7 heteroatoms. The van der Waals surface area contributed by atoms with Crippen LogP contribution in [0.5, 0.6) is 0 Å². The Bertz CT molecular complexity index is 495. The van der Waals surface area contributed by atoms with E-state index in [1.807, 2.05) is 0 Å². The smallest absolute Gasteiger partial charge is 0.326 e. The van der Waals surface area contributed by atoms with Gasteiger partial charge in [-0.3, -0.25) is 0 Å². The van der Waals surface area contributed by atoms with E-state index < -0.39 is 29.7 Å². The summed E-state index contributed by atoms with van der Waals surface area (Å²) < 4.78 is 26.0. The number of urea groups is 1. The third-order valence-corrected chi connectivity index (χ3v) is 2.64. The number of aliphatic carboxylic acids is 1. The summed E-state index contributed by atoms with van der Waals surface area (Å²) in [5, 5.41) is 13.5. The molecule has 2 amide bonds. The van der Waals surface area contributed by atoms with Crippen LogP contribution in [0.25, 0.3) is 0 Å².